The highest BCUT2D eigenvalue weighted by Gasteiger charge is 2.39. The molecular formula is C43H76N6O11. The number of carbonyl (C=O) groups is 7. The van der Waals surface area contributed by atoms with Crippen molar-refractivity contribution in [3.05, 3.63) is 12.2 Å². The Balaban J connectivity index is 3.41. The summed E-state index contributed by atoms with van der Waals surface area (Å²) in [6.45, 7) is 14.7. The number of nitrogens with one attached hydrogen (secondary N) is 6. The normalized spacial score (nSPS) is 24.0. The number of cyclic esters (lactones) is 1. The summed E-state index contributed by atoms with van der Waals surface area (Å²) in [5.74, 6) is -6.53. The third kappa shape index (κ3) is 20.9. The van der Waals surface area contributed by atoms with Gasteiger partial charge in [0.15, 0.2) is 0 Å². The van der Waals surface area contributed by atoms with Gasteiger partial charge in [-0.25, -0.2) is 4.79 Å². The van der Waals surface area contributed by atoms with Crippen molar-refractivity contribution in [2.24, 2.45) is 17.8 Å². The molecule has 0 aromatic rings. The molecule has 0 spiro atoms. The number of aliphatic hydroxyl groups excluding tert-OH is 3. The molecule has 1 rings (SSSR count). The summed E-state index contributed by atoms with van der Waals surface area (Å²) < 4.78 is 5.72. The summed E-state index contributed by atoms with van der Waals surface area (Å²) in [5.41, 5.74) is 0. The Bertz CT molecular complexity index is 1400. The Hall–Kier alpha value is -4.09. The van der Waals surface area contributed by atoms with Gasteiger partial charge in [-0.2, -0.15) is 0 Å². The van der Waals surface area contributed by atoms with E-state index in [1.165, 1.54) is 33.1 Å². The summed E-state index contributed by atoms with van der Waals surface area (Å²) in [6.07, 6.45) is 7.98. The van der Waals surface area contributed by atoms with Crippen LogP contribution in [-0.2, 0) is 38.3 Å². The molecule has 1 aliphatic rings. The minimum atomic E-state index is -1.71. The van der Waals surface area contributed by atoms with E-state index in [2.05, 4.69) is 51.0 Å². The monoisotopic (exact) mass is 853 g/mol. The van der Waals surface area contributed by atoms with E-state index < -0.39 is 103 Å². The van der Waals surface area contributed by atoms with Crippen molar-refractivity contribution >= 4 is 41.4 Å². The van der Waals surface area contributed by atoms with Crippen molar-refractivity contribution in [3.63, 3.8) is 0 Å². The van der Waals surface area contributed by atoms with Crippen molar-refractivity contribution in [2.45, 2.75) is 194 Å². The fourth-order valence-corrected chi connectivity index (χ4v) is 6.69. The number of ether oxygens (including phenoxy) is 1. The molecule has 17 heteroatoms. The highest BCUT2D eigenvalue weighted by atomic mass is 16.5. The van der Waals surface area contributed by atoms with Gasteiger partial charge < -0.3 is 52.0 Å². The quantitative estimate of drug-likeness (QED) is 0.0431. The molecule has 17 nitrogen and oxygen atoms in total. The van der Waals surface area contributed by atoms with E-state index in [9.17, 15) is 48.9 Å². The number of allylic oxidation sites excluding steroid dienone is 2. The standard InChI is InChI=1S/C43H76N6O11/c1-10-11-12-13-14-15-16-17-18-19-30(52)23-35(53)44-31(20-25(2)3)39(55)49-37-29(9)60-43(59)33(22-27(6)7)46-38(54)32(21-26(4)5)45-41(57)36(28(8)51)48-40(56)34(24-50)47-42(37)58/h15-16,25-34,36-37,50-52H,10-14,17-24H2,1-9H3,(H,44,53)(H,45,57)(H,46,54)(H,47,58)(H,48,56)(H,49,55)/b16-15-/t28-,29-,30?,31?,32?,33?,34+,36-,37-/m0/s1. The van der Waals surface area contributed by atoms with E-state index in [1.54, 1.807) is 0 Å². The van der Waals surface area contributed by atoms with Crippen LogP contribution in [0.5, 0.6) is 0 Å². The van der Waals surface area contributed by atoms with Gasteiger partial charge in [-0.05, 0) is 83.0 Å². The molecule has 0 saturated carbocycles. The molecule has 1 saturated heterocycles. The first-order valence-electron chi connectivity index (χ1n) is 21.8. The van der Waals surface area contributed by atoms with Gasteiger partial charge in [0, 0.05) is 0 Å². The average molecular weight is 853 g/mol. The van der Waals surface area contributed by atoms with Crippen LogP contribution in [0.4, 0.5) is 0 Å². The predicted octanol–water partition coefficient (Wildman–Crippen LogP) is 1.80. The molecule has 0 aromatic heterocycles. The lowest BCUT2D eigenvalue weighted by Crippen LogP contribution is -2.64. The first-order chi connectivity index (χ1) is 28.2. The van der Waals surface area contributed by atoms with E-state index in [0.29, 0.717) is 12.8 Å². The van der Waals surface area contributed by atoms with Crippen LogP contribution in [0.1, 0.15) is 139 Å². The van der Waals surface area contributed by atoms with Crippen molar-refractivity contribution in [1.29, 1.82) is 0 Å². The minimum Gasteiger partial charge on any atom is -0.458 e. The maximum atomic E-state index is 13.9. The van der Waals surface area contributed by atoms with E-state index in [-0.39, 0.29) is 43.4 Å². The van der Waals surface area contributed by atoms with Gasteiger partial charge in [0.25, 0.3) is 0 Å². The number of unbranched alkanes of at least 4 members (excludes halogenated alkanes) is 5. The summed E-state index contributed by atoms with van der Waals surface area (Å²) in [7, 11) is 0. The van der Waals surface area contributed by atoms with Crippen LogP contribution in [0.3, 0.4) is 0 Å². The molecule has 6 amide bonds. The molecule has 0 aromatic carbocycles. The summed E-state index contributed by atoms with van der Waals surface area (Å²) in [5, 5.41) is 46.3. The van der Waals surface area contributed by atoms with Crippen LogP contribution in [-0.4, -0.2) is 118 Å². The molecular weight excluding hydrogens is 777 g/mol. The zero-order valence-corrected chi connectivity index (χ0v) is 37.4. The van der Waals surface area contributed by atoms with Crippen molar-refractivity contribution in [1.82, 2.24) is 31.9 Å². The fourth-order valence-electron chi connectivity index (χ4n) is 6.69. The number of esters is 1. The van der Waals surface area contributed by atoms with Gasteiger partial charge in [0.2, 0.25) is 35.4 Å². The fraction of sp³-hybridized carbons (Fsp3) is 0.791. The second kappa shape index (κ2) is 28.4. The lowest BCUT2D eigenvalue weighted by atomic mass is 9.99. The predicted molar refractivity (Wildman–Crippen MR) is 227 cm³/mol. The van der Waals surface area contributed by atoms with E-state index >= 15 is 0 Å². The lowest BCUT2D eigenvalue weighted by molar-refractivity contribution is -0.156. The summed E-state index contributed by atoms with van der Waals surface area (Å²) >= 11 is 0. The Labute approximate surface area is 356 Å². The summed E-state index contributed by atoms with van der Waals surface area (Å²) in [6, 6.07) is -8.66. The van der Waals surface area contributed by atoms with Gasteiger partial charge in [-0.3, -0.25) is 28.8 Å². The molecule has 1 aliphatic heterocycles. The second-order valence-corrected chi connectivity index (χ2v) is 17.3. The maximum absolute atomic E-state index is 13.9. The first kappa shape index (κ1) is 53.9. The lowest BCUT2D eigenvalue weighted by Gasteiger charge is -2.31. The smallest absolute Gasteiger partial charge is 0.328 e. The Morgan fingerprint density at radius 1 is 0.733 bits per heavy atom. The molecule has 0 aliphatic carbocycles. The SMILES string of the molecule is CCCCCC/C=C\CCCC(O)CC(=O)NC(CC(C)C)C(=O)N[C@@H]1C(=O)N[C@H](CO)C(=O)N[C@@H]([C@H](C)O)C(=O)NC(CC(C)C)C(=O)NC(CC(C)C)C(=O)O[C@H]1C. The zero-order chi connectivity index (χ0) is 45.5. The topological polar surface area (TPSA) is 262 Å². The van der Waals surface area contributed by atoms with Crippen LogP contribution in [0, 0.1) is 17.8 Å². The molecule has 1 heterocycles. The van der Waals surface area contributed by atoms with E-state index in [1.807, 2.05) is 41.5 Å². The number of amides is 6. The van der Waals surface area contributed by atoms with Gasteiger partial charge in [-0.1, -0.05) is 79.9 Å². The molecule has 0 radical (unpaired) electrons. The van der Waals surface area contributed by atoms with Gasteiger partial charge >= 0.3 is 5.97 Å². The number of hydrogen-bond acceptors (Lipinski definition) is 11. The largest absolute Gasteiger partial charge is 0.458 e. The Morgan fingerprint density at radius 2 is 1.30 bits per heavy atom. The number of aliphatic hydroxyl groups is 3. The van der Waals surface area contributed by atoms with Gasteiger partial charge in [-0.15, -0.1) is 0 Å². The molecule has 9 N–H and O–H groups in total. The van der Waals surface area contributed by atoms with Crippen LogP contribution in [0.25, 0.3) is 0 Å². The van der Waals surface area contributed by atoms with Gasteiger partial charge in [0.1, 0.15) is 42.4 Å². The van der Waals surface area contributed by atoms with Crippen LogP contribution >= 0.6 is 0 Å². The Kier molecular flexibility index (Phi) is 25.6. The Morgan fingerprint density at radius 3 is 1.87 bits per heavy atom. The molecule has 344 valence electrons. The number of rotatable bonds is 22. The third-order valence-corrected chi connectivity index (χ3v) is 9.96. The summed E-state index contributed by atoms with van der Waals surface area (Å²) in [4.78, 5) is 95.2. The van der Waals surface area contributed by atoms with Crippen molar-refractivity contribution in [3.8, 4) is 0 Å². The minimum absolute atomic E-state index is 0.103. The van der Waals surface area contributed by atoms with E-state index in [4.69, 9.17) is 4.74 Å². The molecule has 0 bridgehead atoms. The molecule has 1 fully saturated rings. The molecule has 4 unspecified atom stereocenters. The third-order valence-electron chi connectivity index (χ3n) is 9.96. The maximum Gasteiger partial charge on any atom is 0.328 e. The van der Waals surface area contributed by atoms with Crippen LogP contribution < -0.4 is 31.9 Å². The average Bonchev–Trinajstić information content (AvgIpc) is 3.14. The van der Waals surface area contributed by atoms with Crippen molar-refractivity contribution in [2.75, 3.05) is 6.61 Å². The highest BCUT2D eigenvalue weighted by Crippen LogP contribution is 2.15. The zero-order valence-electron chi connectivity index (χ0n) is 37.4. The highest BCUT2D eigenvalue weighted by molar-refractivity contribution is 5.97. The van der Waals surface area contributed by atoms with Crippen molar-refractivity contribution < 1.29 is 53.6 Å². The first-order valence-corrected chi connectivity index (χ1v) is 21.8. The second-order valence-electron chi connectivity index (χ2n) is 17.3. The van der Waals surface area contributed by atoms with Gasteiger partial charge in [0.05, 0.1) is 25.2 Å². The number of hydrogen-bond donors (Lipinski definition) is 9. The van der Waals surface area contributed by atoms with Crippen LogP contribution in [0.15, 0.2) is 12.2 Å². The van der Waals surface area contributed by atoms with Crippen LogP contribution in [0.2, 0.25) is 0 Å². The van der Waals surface area contributed by atoms with E-state index in [0.717, 1.165) is 19.3 Å². The number of carbonyl (C=O) groups excluding carboxylic acids is 7. The molecule has 9 atom stereocenters. The molecule has 60 heavy (non-hydrogen) atoms.